The first-order valence-electron chi connectivity index (χ1n) is 6.10. The number of carbonyl (C=O) groups excluding carboxylic acids is 2. The molecule has 19 heavy (non-hydrogen) atoms. The lowest BCUT2D eigenvalue weighted by Crippen LogP contribution is -2.46. The summed E-state index contributed by atoms with van der Waals surface area (Å²) in [5, 5.41) is 13.6. The zero-order valence-electron chi connectivity index (χ0n) is 11.0. The lowest BCUT2D eigenvalue weighted by atomic mass is 10.1. The van der Waals surface area contributed by atoms with E-state index in [-0.39, 0.29) is 12.8 Å². The number of carboxylic acids is 1. The van der Waals surface area contributed by atoms with Gasteiger partial charge in [-0.15, -0.1) is 0 Å². The summed E-state index contributed by atoms with van der Waals surface area (Å²) in [5.41, 5.74) is 4.92. The Bertz CT molecular complexity index is 309. The number of amides is 3. The van der Waals surface area contributed by atoms with Crippen molar-refractivity contribution < 1.29 is 24.2 Å². The Morgan fingerprint density at radius 1 is 1.37 bits per heavy atom. The maximum atomic E-state index is 11.4. The van der Waals surface area contributed by atoms with E-state index in [1.165, 1.54) is 0 Å². The predicted molar refractivity (Wildman–Crippen MR) is 67.5 cm³/mol. The summed E-state index contributed by atoms with van der Waals surface area (Å²) in [6.45, 7) is 3.39. The Morgan fingerprint density at radius 3 is 2.58 bits per heavy atom. The van der Waals surface area contributed by atoms with Crippen LogP contribution in [0.15, 0.2) is 0 Å². The Kier molecular flexibility index (Phi) is 9.15. The van der Waals surface area contributed by atoms with Gasteiger partial charge in [0.2, 0.25) is 5.91 Å². The summed E-state index contributed by atoms with van der Waals surface area (Å²) >= 11 is 0. The molecule has 0 heterocycles. The van der Waals surface area contributed by atoms with Crippen LogP contribution in [0, 0.1) is 0 Å². The molecule has 0 spiro atoms. The fraction of sp³-hybridized carbons (Fsp3) is 0.727. The summed E-state index contributed by atoms with van der Waals surface area (Å²) in [6.07, 6.45) is 0.513. The third-order valence-corrected chi connectivity index (χ3v) is 2.24. The Balaban J connectivity index is 3.90. The Morgan fingerprint density at radius 2 is 2.05 bits per heavy atom. The zero-order valence-corrected chi connectivity index (χ0v) is 11.0. The fourth-order valence-corrected chi connectivity index (χ4v) is 1.27. The van der Waals surface area contributed by atoms with Crippen molar-refractivity contribution in [2.45, 2.75) is 32.2 Å². The number of urea groups is 1. The van der Waals surface area contributed by atoms with E-state index >= 15 is 0 Å². The number of ether oxygens (including phenoxy) is 1. The van der Waals surface area contributed by atoms with Gasteiger partial charge in [0, 0.05) is 26.2 Å². The van der Waals surface area contributed by atoms with Crippen LogP contribution in [0.2, 0.25) is 0 Å². The average molecular weight is 275 g/mol. The van der Waals surface area contributed by atoms with Gasteiger partial charge in [0.15, 0.2) is 0 Å². The lowest BCUT2D eigenvalue weighted by molar-refractivity contribution is -0.139. The van der Waals surface area contributed by atoms with Gasteiger partial charge in [-0.2, -0.15) is 0 Å². The van der Waals surface area contributed by atoms with E-state index in [9.17, 15) is 14.4 Å². The minimum Gasteiger partial charge on any atom is -0.480 e. The molecule has 0 saturated heterocycles. The molecule has 0 aromatic rings. The molecule has 0 radical (unpaired) electrons. The van der Waals surface area contributed by atoms with Crippen LogP contribution < -0.4 is 16.4 Å². The fourth-order valence-electron chi connectivity index (χ4n) is 1.27. The molecular weight excluding hydrogens is 254 g/mol. The van der Waals surface area contributed by atoms with Crippen molar-refractivity contribution >= 4 is 17.9 Å². The average Bonchev–Trinajstić information content (AvgIpc) is 2.33. The number of hydrogen-bond donors (Lipinski definition) is 4. The van der Waals surface area contributed by atoms with E-state index in [1.54, 1.807) is 0 Å². The van der Waals surface area contributed by atoms with Gasteiger partial charge in [0.05, 0.1) is 0 Å². The van der Waals surface area contributed by atoms with Gasteiger partial charge in [-0.05, 0) is 19.8 Å². The largest absolute Gasteiger partial charge is 0.480 e. The smallest absolute Gasteiger partial charge is 0.326 e. The number of carboxylic acid groups (broad SMARTS) is 1. The van der Waals surface area contributed by atoms with Crippen molar-refractivity contribution in [1.29, 1.82) is 0 Å². The van der Waals surface area contributed by atoms with E-state index in [4.69, 9.17) is 15.6 Å². The maximum Gasteiger partial charge on any atom is 0.326 e. The normalized spacial score (nSPS) is 11.6. The molecule has 0 fully saturated rings. The SMILES string of the molecule is CCOCCCNC(=O)NC(CCC(N)=O)C(=O)O. The van der Waals surface area contributed by atoms with Crippen LogP contribution in [0.25, 0.3) is 0 Å². The summed E-state index contributed by atoms with van der Waals surface area (Å²) in [5.74, 6) is -1.81. The number of primary amides is 1. The second-order valence-electron chi connectivity index (χ2n) is 3.85. The zero-order chi connectivity index (χ0) is 14.7. The summed E-state index contributed by atoms with van der Waals surface area (Å²) in [4.78, 5) is 32.8. The molecule has 0 aliphatic rings. The molecule has 8 nitrogen and oxygen atoms in total. The van der Waals surface area contributed by atoms with Crippen molar-refractivity contribution in [3.63, 3.8) is 0 Å². The molecule has 110 valence electrons. The van der Waals surface area contributed by atoms with Crippen molar-refractivity contribution in [3.05, 3.63) is 0 Å². The Labute approximate surface area is 111 Å². The highest BCUT2D eigenvalue weighted by atomic mass is 16.5. The third-order valence-electron chi connectivity index (χ3n) is 2.24. The first-order chi connectivity index (χ1) is 8.97. The summed E-state index contributed by atoms with van der Waals surface area (Å²) in [6, 6.07) is -1.72. The summed E-state index contributed by atoms with van der Waals surface area (Å²) in [7, 11) is 0. The van der Waals surface area contributed by atoms with Gasteiger partial charge in [-0.3, -0.25) is 4.79 Å². The van der Waals surface area contributed by atoms with Gasteiger partial charge in [-0.25, -0.2) is 9.59 Å². The van der Waals surface area contributed by atoms with Gasteiger partial charge in [0.1, 0.15) is 6.04 Å². The quantitative estimate of drug-likeness (QED) is 0.397. The van der Waals surface area contributed by atoms with Gasteiger partial charge < -0.3 is 26.2 Å². The molecule has 0 rings (SSSR count). The highest BCUT2D eigenvalue weighted by molar-refractivity contribution is 5.83. The molecule has 0 aromatic carbocycles. The van der Waals surface area contributed by atoms with Crippen molar-refractivity contribution in [2.24, 2.45) is 5.73 Å². The van der Waals surface area contributed by atoms with E-state index < -0.39 is 23.9 Å². The topological polar surface area (TPSA) is 131 Å². The minimum atomic E-state index is -1.20. The first kappa shape index (κ1) is 17.2. The van der Waals surface area contributed by atoms with Gasteiger partial charge in [-0.1, -0.05) is 0 Å². The minimum absolute atomic E-state index is 0.0307. The number of hydrogen-bond acceptors (Lipinski definition) is 4. The number of nitrogens with two attached hydrogens (primary N) is 1. The second-order valence-corrected chi connectivity index (χ2v) is 3.85. The molecule has 3 amide bonds. The number of nitrogens with one attached hydrogen (secondary N) is 2. The highest BCUT2D eigenvalue weighted by Gasteiger charge is 2.20. The van der Waals surface area contributed by atoms with Crippen molar-refractivity contribution in [2.75, 3.05) is 19.8 Å². The number of aliphatic carboxylic acids is 1. The van der Waals surface area contributed by atoms with E-state index in [2.05, 4.69) is 10.6 Å². The molecule has 0 aromatic heterocycles. The molecule has 1 atom stereocenters. The highest BCUT2D eigenvalue weighted by Crippen LogP contribution is 1.97. The molecule has 0 aliphatic carbocycles. The summed E-state index contributed by atoms with van der Waals surface area (Å²) < 4.78 is 5.08. The van der Waals surface area contributed by atoms with Crippen LogP contribution in [0.3, 0.4) is 0 Å². The number of carbonyl (C=O) groups is 3. The standard InChI is InChI=1S/C11H21N3O5/c1-2-19-7-3-6-13-11(18)14-8(10(16)17)4-5-9(12)15/h8H,2-7H2,1H3,(H2,12,15)(H,16,17)(H2,13,14,18). The predicted octanol–water partition coefficient (Wildman–Crippen LogP) is -0.569. The molecular formula is C11H21N3O5. The van der Waals surface area contributed by atoms with Crippen LogP contribution in [0.1, 0.15) is 26.2 Å². The van der Waals surface area contributed by atoms with Gasteiger partial charge >= 0.3 is 12.0 Å². The third kappa shape index (κ3) is 9.83. The van der Waals surface area contributed by atoms with Crippen LogP contribution in [-0.2, 0) is 14.3 Å². The second kappa shape index (κ2) is 10.1. The maximum absolute atomic E-state index is 11.4. The van der Waals surface area contributed by atoms with Crippen molar-refractivity contribution in [1.82, 2.24) is 10.6 Å². The van der Waals surface area contributed by atoms with Crippen LogP contribution >= 0.6 is 0 Å². The first-order valence-corrected chi connectivity index (χ1v) is 6.10. The molecule has 0 saturated carbocycles. The molecule has 0 bridgehead atoms. The molecule has 8 heteroatoms. The van der Waals surface area contributed by atoms with Crippen LogP contribution in [0.4, 0.5) is 4.79 Å². The van der Waals surface area contributed by atoms with Crippen LogP contribution in [-0.4, -0.2) is 48.8 Å². The Hall–Kier alpha value is -1.83. The molecule has 0 aliphatic heterocycles. The monoisotopic (exact) mass is 275 g/mol. The lowest BCUT2D eigenvalue weighted by Gasteiger charge is -2.14. The molecule has 1 unspecified atom stereocenters. The number of rotatable bonds is 10. The molecule has 5 N–H and O–H groups in total. The van der Waals surface area contributed by atoms with E-state index in [0.717, 1.165) is 0 Å². The van der Waals surface area contributed by atoms with E-state index in [1.807, 2.05) is 6.92 Å². The van der Waals surface area contributed by atoms with Crippen LogP contribution in [0.5, 0.6) is 0 Å². The van der Waals surface area contributed by atoms with Gasteiger partial charge in [0.25, 0.3) is 0 Å². The van der Waals surface area contributed by atoms with Crippen molar-refractivity contribution in [3.8, 4) is 0 Å². The van der Waals surface area contributed by atoms with E-state index in [0.29, 0.717) is 26.2 Å².